The monoisotopic (exact) mass is 250 g/mol. The smallest absolute Gasteiger partial charge is 0.330 e. The quantitative estimate of drug-likeness (QED) is 0.616. The molecular weight excluding hydrogens is 228 g/mol. The highest BCUT2D eigenvalue weighted by atomic mass is 16.5. The van der Waals surface area contributed by atoms with Crippen LogP contribution >= 0.6 is 0 Å². The Morgan fingerprint density at radius 3 is 2.44 bits per heavy atom. The Morgan fingerprint density at radius 1 is 1.39 bits per heavy atom. The summed E-state index contributed by atoms with van der Waals surface area (Å²) >= 11 is 0. The Balaban J connectivity index is 2.57. The Labute approximate surface area is 109 Å². The van der Waals surface area contributed by atoms with E-state index in [2.05, 4.69) is 33.0 Å². The number of piperidine rings is 1. The predicted molar refractivity (Wildman–Crippen MR) is 69.8 cm³/mol. The molecule has 0 unspecified atom stereocenters. The largest absolute Gasteiger partial charge is 0.459 e. The number of nitriles is 1. The van der Waals surface area contributed by atoms with Crippen molar-refractivity contribution in [3.63, 3.8) is 0 Å². The van der Waals surface area contributed by atoms with Crippen molar-refractivity contribution in [3.05, 3.63) is 12.2 Å². The zero-order valence-corrected chi connectivity index (χ0v) is 11.6. The van der Waals surface area contributed by atoms with E-state index in [1.165, 1.54) is 12.2 Å². The van der Waals surface area contributed by atoms with Crippen LogP contribution in [0.3, 0.4) is 0 Å². The van der Waals surface area contributed by atoms with Gasteiger partial charge in [0, 0.05) is 30.0 Å². The molecule has 4 heteroatoms. The van der Waals surface area contributed by atoms with Crippen LogP contribution in [0.2, 0.25) is 0 Å². The first-order valence-electron chi connectivity index (χ1n) is 6.27. The van der Waals surface area contributed by atoms with Crippen LogP contribution in [0, 0.1) is 11.3 Å². The molecule has 1 saturated heterocycles. The Hall–Kier alpha value is -1.34. The molecule has 0 amide bonds. The minimum Gasteiger partial charge on any atom is -0.459 e. The Kier molecular flexibility index (Phi) is 4.53. The molecule has 0 aromatic rings. The number of nitrogens with zero attached hydrogens (tertiary/aromatic N) is 1. The average Bonchev–Trinajstić information content (AvgIpc) is 2.12. The van der Waals surface area contributed by atoms with Crippen molar-refractivity contribution in [2.45, 2.75) is 64.1 Å². The van der Waals surface area contributed by atoms with Gasteiger partial charge in [-0.05, 0) is 27.7 Å². The van der Waals surface area contributed by atoms with Crippen LogP contribution in [0.25, 0.3) is 0 Å². The van der Waals surface area contributed by atoms with Gasteiger partial charge in [0.25, 0.3) is 0 Å². The molecule has 1 aliphatic rings. The summed E-state index contributed by atoms with van der Waals surface area (Å²) in [5, 5.41) is 11.9. The van der Waals surface area contributed by atoms with Crippen LogP contribution in [0.1, 0.15) is 47.0 Å². The second-order valence-electron chi connectivity index (χ2n) is 6.12. The van der Waals surface area contributed by atoms with Crippen molar-refractivity contribution in [1.82, 2.24) is 5.32 Å². The molecule has 1 aliphatic heterocycles. The standard InChI is InChI=1S/C14H22N2O2/c1-13(2)9-11(10-14(3,4)16-13)18-12(17)7-5-6-8-15/h5,7,11,16H,6,9-10H2,1-4H3/b7-5+. The van der Waals surface area contributed by atoms with Crippen molar-refractivity contribution in [2.75, 3.05) is 0 Å². The van der Waals surface area contributed by atoms with E-state index in [4.69, 9.17) is 10.00 Å². The van der Waals surface area contributed by atoms with E-state index in [1.54, 1.807) is 0 Å². The maximum absolute atomic E-state index is 11.6. The second-order valence-corrected chi connectivity index (χ2v) is 6.12. The topological polar surface area (TPSA) is 62.1 Å². The SMILES string of the molecule is CC1(C)CC(OC(=O)/C=C/CC#N)CC(C)(C)N1. The summed E-state index contributed by atoms with van der Waals surface area (Å²) in [4.78, 5) is 11.6. The summed E-state index contributed by atoms with van der Waals surface area (Å²) in [6, 6.07) is 1.95. The molecule has 0 atom stereocenters. The first-order valence-corrected chi connectivity index (χ1v) is 6.27. The van der Waals surface area contributed by atoms with Crippen molar-refractivity contribution in [2.24, 2.45) is 0 Å². The first-order chi connectivity index (χ1) is 8.24. The van der Waals surface area contributed by atoms with Crippen molar-refractivity contribution in [3.8, 4) is 6.07 Å². The predicted octanol–water partition coefficient (Wildman–Crippen LogP) is 2.31. The van der Waals surface area contributed by atoms with E-state index in [9.17, 15) is 4.79 Å². The van der Waals surface area contributed by atoms with Gasteiger partial charge in [0.05, 0.1) is 12.5 Å². The molecule has 4 nitrogen and oxygen atoms in total. The van der Waals surface area contributed by atoms with Gasteiger partial charge >= 0.3 is 5.97 Å². The highest BCUT2D eigenvalue weighted by molar-refractivity contribution is 5.82. The second kappa shape index (κ2) is 5.53. The number of carbonyl (C=O) groups excluding carboxylic acids is 1. The summed E-state index contributed by atoms with van der Waals surface area (Å²) < 4.78 is 5.43. The molecule has 0 spiro atoms. The van der Waals surface area contributed by atoms with Crippen molar-refractivity contribution < 1.29 is 9.53 Å². The van der Waals surface area contributed by atoms with E-state index in [0.717, 1.165) is 12.8 Å². The Morgan fingerprint density at radius 2 is 1.94 bits per heavy atom. The average molecular weight is 250 g/mol. The Bertz CT molecular complexity index is 362. The molecule has 0 bridgehead atoms. The molecule has 18 heavy (non-hydrogen) atoms. The molecule has 100 valence electrons. The summed E-state index contributed by atoms with van der Waals surface area (Å²) in [6.07, 6.45) is 4.63. The maximum atomic E-state index is 11.6. The molecular formula is C14H22N2O2. The highest BCUT2D eigenvalue weighted by Gasteiger charge is 2.39. The van der Waals surface area contributed by atoms with E-state index < -0.39 is 0 Å². The van der Waals surface area contributed by atoms with Crippen LogP contribution in [-0.4, -0.2) is 23.2 Å². The molecule has 1 rings (SSSR count). The molecule has 0 radical (unpaired) electrons. The van der Waals surface area contributed by atoms with Gasteiger partial charge in [0.1, 0.15) is 6.10 Å². The minimum absolute atomic E-state index is 0.0386. The van der Waals surface area contributed by atoms with Crippen LogP contribution in [0.15, 0.2) is 12.2 Å². The fourth-order valence-electron chi connectivity index (χ4n) is 2.72. The van der Waals surface area contributed by atoms with E-state index in [1.807, 2.05) is 6.07 Å². The summed E-state index contributed by atoms with van der Waals surface area (Å²) in [5.74, 6) is -0.358. The molecule has 0 aromatic heterocycles. The summed E-state index contributed by atoms with van der Waals surface area (Å²) in [7, 11) is 0. The van der Waals surface area contributed by atoms with Crippen molar-refractivity contribution >= 4 is 5.97 Å². The van der Waals surface area contributed by atoms with E-state index >= 15 is 0 Å². The minimum atomic E-state index is -0.358. The third kappa shape index (κ3) is 4.89. The van der Waals surface area contributed by atoms with Gasteiger partial charge in [-0.1, -0.05) is 6.08 Å². The lowest BCUT2D eigenvalue weighted by atomic mass is 9.81. The molecule has 1 heterocycles. The maximum Gasteiger partial charge on any atom is 0.330 e. The van der Waals surface area contributed by atoms with Gasteiger partial charge in [-0.15, -0.1) is 0 Å². The molecule has 0 aromatic carbocycles. The summed E-state index contributed by atoms with van der Waals surface area (Å²) in [6.45, 7) is 8.45. The molecule has 1 fully saturated rings. The first kappa shape index (κ1) is 14.7. The third-order valence-electron chi connectivity index (χ3n) is 2.90. The summed E-state index contributed by atoms with van der Waals surface area (Å²) in [5.41, 5.74) is -0.0773. The fourth-order valence-corrected chi connectivity index (χ4v) is 2.72. The van der Waals surface area contributed by atoms with Crippen LogP contribution in [0.4, 0.5) is 0 Å². The van der Waals surface area contributed by atoms with Crippen LogP contribution in [-0.2, 0) is 9.53 Å². The van der Waals surface area contributed by atoms with Gasteiger partial charge in [0.2, 0.25) is 0 Å². The van der Waals surface area contributed by atoms with Gasteiger partial charge in [0.15, 0.2) is 0 Å². The van der Waals surface area contributed by atoms with E-state index in [-0.39, 0.29) is 29.6 Å². The molecule has 0 aliphatic carbocycles. The lowest BCUT2D eigenvalue weighted by molar-refractivity contribution is -0.147. The number of nitrogens with one attached hydrogen (secondary N) is 1. The van der Waals surface area contributed by atoms with Crippen LogP contribution < -0.4 is 5.32 Å². The normalized spacial score (nSPS) is 22.6. The zero-order chi connectivity index (χ0) is 13.8. The van der Waals surface area contributed by atoms with Crippen molar-refractivity contribution in [1.29, 1.82) is 5.26 Å². The number of ether oxygens (including phenoxy) is 1. The number of hydrogen-bond acceptors (Lipinski definition) is 4. The van der Waals surface area contributed by atoms with Gasteiger partial charge in [-0.2, -0.15) is 5.26 Å². The third-order valence-corrected chi connectivity index (χ3v) is 2.90. The highest BCUT2D eigenvalue weighted by Crippen LogP contribution is 2.30. The number of rotatable bonds is 3. The van der Waals surface area contributed by atoms with Gasteiger partial charge < -0.3 is 10.1 Å². The zero-order valence-electron chi connectivity index (χ0n) is 11.6. The lowest BCUT2D eigenvalue weighted by Gasteiger charge is -2.45. The van der Waals surface area contributed by atoms with Gasteiger partial charge in [-0.25, -0.2) is 4.79 Å². The molecule has 1 N–H and O–H groups in total. The van der Waals surface area contributed by atoms with E-state index in [0.29, 0.717) is 0 Å². The number of carbonyl (C=O) groups is 1. The number of allylic oxidation sites excluding steroid dienone is 1. The number of hydrogen-bond donors (Lipinski definition) is 1. The fraction of sp³-hybridized carbons (Fsp3) is 0.714. The lowest BCUT2D eigenvalue weighted by Crippen LogP contribution is -2.59. The van der Waals surface area contributed by atoms with Crippen LogP contribution in [0.5, 0.6) is 0 Å². The molecule has 0 saturated carbocycles. The van der Waals surface area contributed by atoms with Gasteiger partial charge in [-0.3, -0.25) is 0 Å². The number of esters is 1.